The van der Waals surface area contributed by atoms with E-state index >= 15 is 0 Å². The first-order valence-corrected chi connectivity index (χ1v) is 7.89. The molecule has 3 rings (SSSR count). The number of carbonyl (C=O) groups excluding carboxylic acids is 1. The van der Waals surface area contributed by atoms with Crippen LogP contribution in [0.1, 0.15) is 0 Å². The van der Waals surface area contributed by atoms with E-state index in [1.807, 2.05) is 33.7 Å². The van der Waals surface area contributed by atoms with Gasteiger partial charge in [-0.05, 0) is 10.8 Å². The van der Waals surface area contributed by atoms with Gasteiger partial charge in [-0.3, -0.25) is 4.79 Å². The lowest BCUT2D eigenvalue weighted by Crippen LogP contribution is -2.28. The molecular weight excluding hydrogens is 276 g/mol. The van der Waals surface area contributed by atoms with E-state index in [4.69, 9.17) is 4.52 Å². The molecule has 6 nitrogen and oxygen atoms in total. The average Bonchev–Trinajstić information content (AvgIpc) is 3.20. The Labute approximate surface area is 117 Å². The summed E-state index contributed by atoms with van der Waals surface area (Å²) >= 11 is 0. The Morgan fingerprint density at radius 2 is 2.25 bits per heavy atom. The van der Waals surface area contributed by atoms with Crippen LogP contribution in [-0.4, -0.2) is 26.5 Å². The van der Waals surface area contributed by atoms with Gasteiger partial charge in [-0.1, -0.05) is 27.3 Å². The van der Waals surface area contributed by atoms with Crippen molar-refractivity contribution in [2.24, 2.45) is 0 Å². The molecule has 0 saturated carbocycles. The topological polar surface area (TPSA) is 73.0 Å². The van der Waals surface area contributed by atoms with Gasteiger partial charge >= 0.3 is 0 Å². The van der Waals surface area contributed by atoms with Gasteiger partial charge in [-0.25, -0.2) is 4.98 Å². The maximum atomic E-state index is 12.5. The van der Waals surface area contributed by atoms with E-state index in [-0.39, 0.29) is 5.24 Å². The van der Waals surface area contributed by atoms with Gasteiger partial charge in [-0.2, -0.15) is 0 Å². The molecule has 0 bridgehead atoms. The molecular formula is C13H14N4O2S. The van der Waals surface area contributed by atoms with Gasteiger partial charge in [0.05, 0.1) is 6.33 Å². The number of hydrogen-bond acceptors (Lipinski definition) is 4. The molecule has 0 unspecified atom stereocenters. The number of rotatable bonds is 4. The fourth-order valence-electron chi connectivity index (χ4n) is 1.94. The van der Waals surface area contributed by atoms with Crippen molar-refractivity contribution in [3.63, 3.8) is 0 Å². The standard InChI is InChI=1S/C13H14N4O2S/c18-13(15-5-7-17-6-4-14-11-17)20(9-1-2-10-20)12-3-8-19-16-12/h1-4,6,8-11H,5,7H2,(H,15,18). The van der Waals surface area contributed by atoms with E-state index in [1.165, 1.54) is 6.26 Å². The van der Waals surface area contributed by atoms with Crippen LogP contribution in [0, 0.1) is 0 Å². The quantitative estimate of drug-likeness (QED) is 0.939. The van der Waals surface area contributed by atoms with Gasteiger partial charge in [0.2, 0.25) is 0 Å². The van der Waals surface area contributed by atoms with Crippen molar-refractivity contribution in [3.05, 3.63) is 54.0 Å². The van der Waals surface area contributed by atoms with E-state index < -0.39 is 10.0 Å². The molecule has 20 heavy (non-hydrogen) atoms. The Morgan fingerprint density at radius 1 is 1.40 bits per heavy atom. The summed E-state index contributed by atoms with van der Waals surface area (Å²) in [4.78, 5) is 16.5. The second-order valence-corrected chi connectivity index (χ2v) is 6.97. The Bertz CT molecular complexity index is 619. The maximum Gasteiger partial charge on any atom is 0.274 e. The van der Waals surface area contributed by atoms with Gasteiger partial charge in [0.1, 0.15) is 11.3 Å². The number of imidazole rings is 1. The second kappa shape index (κ2) is 5.38. The van der Waals surface area contributed by atoms with Gasteiger partial charge in [0, 0.05) is 31.5 Å². The van der Waals surface area contributed by atoms with Crippen molar-refractivity contribution in [1.82, 2.24) is 20.0 Å². The van der Waals surface area contributed by atoms with Gasteiger partial charge in [-0.15, -0.1) is 0 Å². The van der Waals surface area contributed by atoms with Gasteiger partial charge in [0.15, 0.2) is 0 Å². The molecule has 7 heteroatoms. The lowest BCUT2D eigenvalue weighted by molar-refractivity contribution is 0.259. The van der Waals surface area contributed by atoms with Crippen molar-refractivity contribution in [2.75, 3.05) is 6.54 Å². The van der Waals surface area contributed by atoms with Gasteiger partial charge < -0.3 is 14.4 Å². The van der Waals surface area contributed by atoms with Crippen LogP contribution in [0.4, 0.5) is 4.79 Å². The summed E-state index contributed by atoms with van der Waals surface area (Å²) in [5.41, 5.74) is 0. The number of hydrogen-bond donors (Lipinski definition) is 1. The average molecular weight is 290 g/mol. The molecule has 2 aromatic rings. The summed E-state index contributed by atoms with van der Waals surface area (Å²) in [6, 6.07) is 1.74. The highest BCUT2D eigenvalue weighted by Gasteiger charge is 2.33. The monoisotopic (exact) mass is 290 g/mol. The molecule has 104 valence electrons. The SMILES string of the molecule is O=C(NCCn1ccnc1)S1(c2ccon2)C=CC=C1. The molecule has 1 aliphatic rings. The van der Waals surface area contributed by atoms with Crippen molar-refractivity contribution in [3.8, 4) is 0 Å². The van der Waals surface area contributed by atoms with Crippen LogP contribution >= 0.6 is 10.0 Å². The number of carbonyl (C=O) groups is 1. The Balaban J connectivity index is 1.68. The van der Waals surface area contributed by atoms with E-state index in [0.717, 1.165) is 0 Å². The maximum absolute atomic E-state index is 12.5. The van der Waals surface area contributed by atoms with Crippen LogP contribution in [0.25, 0.3) is 0 Å². The Morgan fingerprint density at radius 3 is 2.90 bits per heavy atom. The van der Waals surface area contributed by atoms with Crippen molar-refractivity contribution >= 4 is 15.3 Å². The third-order valence-electron chi connectivity index (χ3n) is 2.96. The second-order valence-electron chi connectivity index (χ2n) is 4.22. The highest BCUT2D eigenvalue weighted by Crippen LogP contribution is 2.60. The summed E-state index contributed by atoms with van der Waals surface area (Å²) in [6.07, 6.45) is 10.5. The zero-order valence-corrected chi connectivity index (χ0v) is 11.5. The molecule has 0 aliphatic carbocycles. The van der Waals surface area contributed by atoms with E-state index in [2.05, 4.69) is 15.5 Å². The number of aromatic nitrogens is 3. The summed E-state index contributed by atoms with van der Waals surface area (Å²) in [5, 5.41) is 11.3. The molecule has 0 fully saturated rings. The third-order valence-corrected chi connectivity index (χ3v) is 5.80. The lowest BCUT2D eigenvalue weighted by atomic mass is 10.6. The molecule has 0 aromatic carbocycles. The van der Waals surface area contributed by atoms with E-state index in [0.29, 0.717) is 18.1 Å². The van der Waals surface area contributed by atoms with Crippen LogP contribution in [-0.2, 0) is 6.54 Å². The number of amides is 1. The largest absolute Gasteiger partial charge is 0.364 e. The minimum absolute atomic E-state index is 0.0310. The first-order valence-electron chi connectivity index (χ1n) is 6.13. The molecule has 1 N–H and O–H groups in total. The highest BCUT2D eigenvalue weighted by atomic mass is 32.3. The summed E-state index contributed by atoms with van der Waals surface area (Å²) in [6.45, 7) is 1.23. The molecule has 1 amide bonds. The summed E-state index contributed by atoms with van der Waals surface area (Å²) in [7, 11) is -1.86. The summed E-state index contributed by atoms with van der Waals surface area (Å²) < 4.78 is 6.79. The van der Waals surface area contributed by atoms with Crippen LogP contribution < -0.4 is 5.32 Å². The first kappa shape index (κ1) is 12.7. The normalized spacial score (nSPS) is 17.2. The fraction of sp³-hybridized carbons (Fsp3) is 0.154. The third kappa shape index (κ3) is 2.27. The predicted molar refractivity (Wildman–Crippen MR) is 76.3 cm³/mol. The first-order chi connectivity index (χ1) is 9.81. The zero-order valence-electron chi connectivity index (χ0n) is 10.7. The minimum atomic E-state index is -1.86. The molecule has 3 heterocycles. The molecule has 0 spiro atoms. The highest BCUT2D eigenvalue weighted by molar-refractivity contribution is 8.49. The Hall–Kier alpha value is -2.28. The smallest absolute Gasteiger partial charge is 0.274 e. The fourth-order valence-corrected chi connectivity index (χ4v) is 4.21. The number of nitrogens with zero attached hydrogens (tertiary/aromatic N) is 3. The molecule has 0 saturated heterocycles. The van der Waals surface area contributed by atoms with E-state index in [9.17, 15) is 4.79 Å². The molecule has 0 radical (unpaired) electrons. The number of nitrogens with one attached hydrogen (secondary N) is 1. The van der Waals surface area contributed by atoms with Crippen molar-refractivity contribution in [2.45, 2.75) is 11.6 Å². The molecule has 1 aliphatic heterocycles. The zero-order chi connectivity index (χ0) is 13.8. The van der Waals surface area contributed by atoms with Crippen LogP contribution in [0.3, 0.4) is 0 Å². The molecule has 2 aromatic heterocycles. The minimum Gasteiger partial charge on any atom is -0.364 e. The lowest BCUT2D eigenvalue weighted by Gasteiger charge is -2.26. The van der Waals surface area contributed by atoms with Crippen LogP contribution in [0.15, 0.2) is 63.6 Å². The Kier molecular flexibility index (Phi) is 3.42. The molecule has 0 atom stereocenters. The van der Waals surface area contributed by atoms with Crippen molar-refractivity contribution < 1.29 is 9.32 Å². The predicted octanol–water partition coefficient (Wildman–Crippen LogP) is 2.49. The summed E-state index contributed by atoms with van der Waals surface area (Å²) in [5.74, 6) is 0. The van der Waals surface area contributed by atoms with E-state index in [1.54, 1.807) is 18.6 Å². The number of allylic oxidation sites excluding steroid dienone is 2. The van der Waals surface area contributed by atoms with Crippen LogP contribution in [0.5, 0.6) is 0 Å². The van der Waals surface area contributed by atoms with Gasteiger partial charge in [0.25, 0.3) is 5.24 Å². The van der Waals surface area contributed by atoms with Crippen LogP contribution in [0.2, 0.25) is 0 Å². The van der Waals surface area contributed by atoms with Crippen molar-refractivity contribution in [1.29, 1.82) is 0 Å².